The largest absolute Gasteiger partial charge is 0.346 e. The molecule has 1 spiro atoms. The topological polar surface area (TPSA) is 71.4 Å². The van der Waals surface area contributed by atoms with Crippen molar-refractivity contribution in [2.45, 2.75) is 65.0 Å². The van der Waals surface area contributed by atoms with Crippen LogP contribution in [-0.2, 0) is 16.8 Å². The number of imide groups is 1. The van der Waals surface area contributed by atoms with E-state index in [2.05, 4.69) is 23.7 Å². The zero-order chi connectivity index (χ0) is 21.6. The van der Waals surface area contributed by atoms with Gasteiger partial charge in [0.15, 0.2) is 5.78 Å². The second-order valence-corrected chi connectivity index (χ2v) is 8.76. The maximum atomic E-state index is 13.5. The zero-order valence-corrected chi connectivity index (χ0v) is 18.1. The van der Waals surface area contributed by atoms with Crippen molar-refractivity contribution in [2.24, 2.45) is 0 Å². The van der Waals surface area contributed by atoms with Gasteiger partial charge in [0.25, 0.3) is 5.91 Å². The molecule has 0 saturated carbocycles. The molecular weight excluding hydrogens is 378 g/mol. The second kappa shape index (κ2) is 7.42. The van der Waals surface area contributed by atoms with E-state index in [4.69, 9.17) is 0 Å². The lowest BCUT2D eigenvalue weighted by atomic mass is 9.84. The van der Waals surface area contributed by atoms with E-state index in [1.807, 2.05) is 44.2 Å². The molecular formula is C24H29N3O3. The molecule has 1 atom stereocenters. The highest BCUT2D eigenvalue weighted by Crippen LogP contribution is 2.39. The van der Waals surface area contributed by atoms with Crippen molar-refractivity contribution in [1.82, 2.24) is 14.8 Å². The summed E-state index contributed by atoms with van der Waals surface area (Å²) >= 11 is 0. The highest BCUT2D eigenvalue weighted by atomic mass is 16.2. The van der Waals surface area contributed by atoms with E-state index in [1.165, 1.54) is 0 Å². The zero-order valence-electron chi connectivity index (χ0n) is 18.1. The Labute approximate surface area is 177 Å². The van der Waals surface area contributed by atoms with Crippen LogP contribution in [0, 0.1) is 13.8 Å². The van der Waals surface area contributed by atoms with Crippen LogP contribution >= 0.6 is 0 Å². The third kappa shape index (κ3) is 3.06. The fraction of sp³-hybridized carbons (Fsp3) is 0.458. The van der Waals surface area contributed by atoms with Gasteiger partial charge in [-0.25, -0.2) is 4.79 Å². The fourth-order valence-electron chi connectivity index (χ4n) is 5.20. The Bertz CT molecular complexity index is 1040. The SMILES string of the molecule is Cc1cc(C(=O)CN2C(=O)N[C@@]3(CCCCc4ccccc43)C2=O)c(C)n1C(C)C. The van der Waals surface area contributed by atoms with Crippen molar-refractivity contribution in [3.8, 4) is 0 Å². The Morgan fingerprint density at radius 2 is 1.90 bits per heavy atom. The second-order valence-electron chi connectivity index (χ2n) is 8.76. The number of aryl methyl sites for hydroxylation is 2. The van der Waals surface area contributed by atoms with Crippen LogP contribution < -0.4 is 5.32 Å². The molecule has 6 nitrogen and oxygen atoms in total. The molecule has 3 amide bonds. The number of hydrogen-bond acceptors (Lipinski definition) is 3. The molecule has 1 aromatic carbocycles. The van der Waals surface area contributed by atoms with Crippen molar-refractivity contribution >= 4 is 17.7 Å². The number of rotatable bonds is 4. The molecule has 1 fully saturated rings. The van der Waals surface area contributed by atoms with E-state index in [0.717, 1.165) is 46.7 Å². The standard InChI is InChI=1S/C24H29N3O3/c1-15(2)27-16(3)13-19(17(27)4)21(28)14-26-22(29)24(25-23(26)30)12-8-7-10-18-9-5-6-11-20(18)24/h5-6,9,11,13,15H,7-8,10,12,14H2,1-4H3,(H,25,30)/t24-/m1/s1. The number of fused-ring (bicyclic) bond motifs is 2. The Balaban J connectivity index is 1.65. The summed E-state index contributed by atoms with van der Waals surface area (Å²) in [6, 6.07) is 9.42. The lowest BCUT2D eigenvalue weighted by Crippen LogP contribution is -2.44. The smallest absolute Gasteiger partial charge is 0.325 e. The monoisotopic (exact) mass is 407 g/mol. The molecule has 2 heterocycles. The lowest BCUT2D eigenvalue weighted by molar-refractivity contribution is -0.131. The van der Waals surface area contributed by atoms with Crippen LogP contribution in [0.2, 0.25) is 0 Å². The van der Waals surface area contributed by atoms with Crippen molar-refractivity contribution in [1.29, 1.82) is 0 Å². The van der Waals surface area contributed by atoms with Gasteiger partial charge in [-0.15, -0.1) is 0 Å². The van der Waals surface area contributed by atoms with Gasteiger partial charge in [-0.05, 0) is 70.6 Å². The Kier molecular flexibility index (Phi) is 5.04. The average Bonchev–Trinajstić information content (AvgIpc) is 3.04. The molecule has 158 valence electrons. The number of nitrogens with zero attached hydrogens (tertiary/aromatic N) is 2. The van der Waals surface area contributed by atoms with Gasteiger partial charge in [0.05, 0.1) is 6.54 Å². The van der Waals surface area contributed by atoms with Crippen LogP contribution in [0.15, 0.2) is 30.3 Å². The molecule has 4 rings (SSSR count). The first-order valence-electron chi connectivity index (χ1n) is 10.7. The predicted molar refractivity (Wildman–Crippen MR) is 115 cm³/mol. The highest BCUT2D eigenvalue weighted by molar-refractivity contribution is 6.11. The third-order valence-electron chi connectivity index (χ3n) is 6.50. The van der Waals surface area contributed by atoms with Gasteiger partial charge in [0.1, 0.15) is 5.54 Å². The predicted octanol–water partition coefficient (Wildman–Crippen LogP) is 4.04. The van der Waals surface area contributed by atoms with Crippen LogP contribution in [0.25, 0.3) is 0 Å². The van der Waals surface area contributed by atoms with Crippen LogP contribution in [0.5, 0.6) is 0 Å². The summed E-state index contributed by atoms with van der Waals surface area (Å²) in [6.07, 6.45) is 3.27. The summed E-state index contributed by atoms with van der Waals surface area (Å²) in [7, 11) is 0. The number of hydrogen-bond donors (Lipinski definition) is 1. The maximum absolute atomic E-state index is 13.5. The highest BCUT2D eigenvalue weighted by Gasteiger charge is 2.53. The number of carbonyl (C=O) groups excluding carboxylic acids is 3. The summed E-state index contributed by atoms with van der Waals surface area (Å²) < 4.78 is 2.10. The van der Waals surface area contributed by atoms with E-state index in [0.29, 0.717) is 12.0 Å². The molecule has 1 aliphatic carbocycles. The molecule has 1 aliphatic heterocycles. The molecule has 1 N–H and O–H groups in total. The number of aromatic nitrogens is 1. The van der Waals surface area contributed by atoms with Crippen molar-refractivity contribution in [2.75, 3.05) is 6.54 Å². The number of benzene rings is 1. The molecule has 0 radical (unpaired) electrons. The van der Waals surface area contributed by atoms with Gasteiger partial charge in [-0.3, -0.25) is 14.5 Å². The lowest BCUT2D eigenvalue weighted by Gasteiger charge is -2.27. The van der Waals surface area contributed by atoms with Crippen molar-refractivity contribution in [3.63, 3.8) is 0 Å². The van der Waals surface area contributed by atoms with Gasteiger partial charge < -0.3 is 9.88 Å². The van der Waals surface area contributed by atoms with E-state index in [-0.39, 0.29) is 24.3 Å². The minimum absolute atomic E-state index is 0.211. The van der Waals surface area contributed by atoms with E-state index < -0.39 is 11.6 Å². The van der Waals surface area contributed by atoms with Gasteiger partial charge in [-0.1, -0.05) is 24.3 Å². The van der Waals surface area contributed by atoms with E-state index in [9.17, 15) is 14.4 Å². The van der Waals surface area contributed by atoms with Gasteiger partial charge in [0, 0.05) is 23.0 Å². The molecule has 0 bridgehead atoms. The minimum atomic E-state index is -1.06. The summed E-state index contributed by atoms with van der Waals surface area (Å²) in [4.78, 5) is 40.6. The molecule has 30 heavy (non-hydrogen) atoms. The molecule has 0 unspecified atom stereocenters. The number of nitrogens with one attached hydrogen (secondary N) is 1. The van der Waals surface area contributed by atoms with Crippen LogP contribution in [-0.4, -0.2) is 33.7 Å². The molecule has 2 aliphatic rings. The molecule has 1 aromatic heterocycles. The first-order valence-corrected chi connectivity index (χ1v) is 10.7. The number of ketones is 1. The normalized spacial score (nSPS) is 21.2. The van der Waals surface area contributed by atoms with Crippen LogP contribution in [0.4, 0.5) is 4.79 Å². The summed E-state index contributed by atoms with van der Waals surface area (Å²) in [5.41, 5.74) is 3.35. The average molecular weight is 408 g/mol. The fourth-order valence-corrected chi connectivity index (χ4v) is 5.20. The van der Waals surface area contributed by atoms with Gasteiger partial charge in [-0.2, -0.15) is 0 Å². The van der Waals surface area contributed by atoms with E-state index in [1.54, 1.807) is 0 Å². The molecule has 1 saturated heterocycles. The third-order valence-corrected chi connectivity index (χ3v) is 6.50. The Morgan fingerprint density at radius 3 is 2.60 bits per heavy atom. The molecule has 2 aromatic rings. The van der Waals surface area contributed by atoms with Gasteiger partial charge in [0.2, 0.25) is 0 Å². The Hall–Kier alpha value is -2.89. The number of urea groups is 1. The van der Waals surface area contributed by atoms with Crippen LogP contribution in [0.1, 0.15) is 72.0 Å². The minimum Gasteiger partial charge on any atom is -0.346 e. The van der Waals surface area contributed by atoms with Gasteiger partial charge >= 0.3 is 6.03 Å². The summed E-state index contributed by atoms with van der Waals surface area (Å²) in [6.45, 7) is 7.78. The summed E-state index contributed by atoms with van der Waals surface area (Å²) in [5, 5.41) is 2.95. The first-order chi connectivity index (χ1) is 14.3. The molecule has 6 heteroatoms. The first kappa shape index (κ1) is 20.4. The quantitative estimate of drug-likeness (QED) is 0.614. The number of amides is 3. The van der Waals surface area contributed by atoms with Crippen LogP contribution in [0.3, 0.4) is 0 Å². The Morgan fingerprint density at radius 1 is 1.17 bits per heavy atom. The summed E-state index contributed by atoms with van der Waals surface area (Å²) in [5.74, 6) is -0.523. The van der Waals surface area contributed by atoms with Crippen molar-refractivity contribution < 1.29 is 14.4 Å². The van der Waals surface area contributed by atoms with Crippen molar-refractivity contribution in [3.05, 3.63) is 58.4 Å². The number of Topliss-reactive ketones (excluding diaryl/α,β-unsaturated/α-hetero) is 1. The maximum Gasteiger partial charge on any atom is 0.325 e. The van der Waals surface area contributed by atoms with E-state index >= 15 is 0 Å². The number of carbonyl (C=O) groups is 3.